The van der Waals surface area contributed by atoms with Crippen LogP contribution in [0.2, 0.25) is 0 Å². The Morgan fingerprint density at radius 2 is 2.35 bits per heavy atom. The molecule has 20 heavy (non-hydrogen) atoms. The van der Waals surface area contributed by atoms with Crippen molar-refractivity contribution in [1.29, 1.82) is 5.26 Å². The molecule has 0 radical (unpaired) electrons. The van der Waals surface area contributed by atoms with Gasteiger partial charge in [0.25, 0.3) is 0 Å². The third-order valence-corrected chi connectivity index (χ3v) is 3.91. The Labute approximate surface area is 120 Å². The molecule has 102 valence electrons. The molecule has 0 amide bonds. The van der Waals surface area contributed by atoms with E-state index in [1.54, 1.807) is 12.1 Å². The van der Waals surface area contributed by atoms with Gasteiger partial charge in [0.2, 0.25) is 0 Å². The van der Waals surface area contributed by atoms with Gasteiger partial charge in [-0.1, -0.05) is 12.1 Å². The number of aryl methyl sites for hydroxylation is 2. The molecule has 1 unspecified atom stereocenters. The number of benzene rings is 1. The van der Waals surface area contributed by atoms with Crippen LogP contribution in [0.1, 0.15) is 28.6 Å². The first-order chi connectivity index (χ1) is 9.60. The predicted octanol–water partition coefficient (Wildman–Crippen LogP) is 3.40. The summed E-state index contributed by atoms with van der Waals surface area (Å²) in [6, 6.07) is 8.15. The smallest absolute Gasteiger partial charge is 0.157 e. The van der Waals surface area contributed by atoms with E-state index in [9.17, 15) is 9.18 Å². The van der Waals surface area contributed by atoms with Crippen molar-refractivity contribution in [3.63, 3.8) is 0 Å². The minimum absolute atomic E-state index is 0.175. The molecule has 3 nitrogen and oxygen atoms in total. The van der Waals surface area contributed by atoms with E-state index in [1.165, 1.54) is 23.5 Å². The lowest BCUT2D eigenvalue weighted by atomic mass is 9.99. The Bertz CT molecular complexity index is 660. The van der Waals surface area contributed by atoms with Crippen LogP contribution in [0.4, 0.5) is 4.39 Å². The minimum atomic E-state index is -0.817. The molecular formula is C15H13FN2OS. The number of carbonyl (C=O) groups is 1. The van der Waals surface area contributed by atoms with Crippen LogP contribution in [0.5, 0.6) is 0 Å². The van der Waals surface area contributed by atoms with Crippen molar-refractivity contribution in [2.75, 3.05) is 0 Å². The lowest BCUT2D eigenvalue weighted by Gasteiger charge is -2.05. The van der Waals surface area contributed by atoms with Gasteiger partial charge >= 0.3 is 0 Å². The lowest BCUT2D eigenvalue weighted by molar-refractivity contribution is -0.119. The van der Waals surface area contributed by atoms with Gasteiger partial charge in [0, 0.05) is 17.5 Å². The first kappa shape index (κ1) is 14.4. The number of rotatable bonds is 5. The molecule has 0 bridgehead atoms. The van der Waals surface area contributed by atoms with Gasteiger partial charge in [-0.3, -0.25) is 4.79 Å². The Morgan fingerprint density at radius 3 is 2.95 bits per heavy atom. The maximum Gasteiger partial charge on any atom is 0.157 e. The van der Waals surface area contributed by atoms with E-state index < -0.39 is 5.92 Å². The van der Waals surface area contributed by atoms with Gasteiger partial charge in [-0.2, -0.15) is 5.26 Å². The highest BCUT2D eigenvalue weighted by molar-refractivity contribution is 7.09. The maximum atomic E-state index is 13.0. The van der Waals surface area contributed by atoms with Crippen molar-refractivity contribution in [3.05, 3.63) is 51.7 Å². The van der Waals surface area contributed by atoms with Gasteiger partial charge in [-0.05, 0) is 31.0 Å². The Hall–Kier alpha value is -2.06. The standard InChI is InChI=1S/C15H13FN2OS/c1-10-9-20-15(18-10)13(8-17)14(19)6-5-11-3-2-4-12(16)7-11/h2-4,7,9,13H,5-6H2,1H3. The van der Waals surface area contributed by atoms with Crippen molar-refractivity contribution < 1.29 is 9.18 Å². The van der Waals surface area contributed by atoms with Crippen LogP contribution in [0, 0.1) is 24.1 Å². The van der Waals surface area contributed by atoms with E-state index in [1.807, 2.05) is 18.4 Å². The lowest BCUT2D eigenvalue weighted by Crippen LogP contribution is -2.11. The summed E-state index contributed by atoms with van der Waals surface area (Å²) >= 11 is 1.32. The molecule has 2 aromatic rings. The van der Waals surface area contributed by atoms with Crippen molar-refractivity contribution in [2.45, 2.75) is 25.7 Å². The number of halogens is 1. The fraction of sp³-hybridized carbons (Fsp3) is 0.267. The van der Waals surface area contributed by atoms with Crippen LogP contribution in [0.15, 0.2) is 29.6 Å². The number of aromatic nitrogens is 1. The predicted molar refractivity (Wildman–Crippen MR) is 74.9 cm³/mol. The van der Waals surface area contributed by atoms with Crippen LogP contribution < -0.4 is 0 Å². The number of hydrogen-bond donors (Lipinski definition) is 0. The maximum absolute atomic E-state index is 13.0. The van der Waals surface area contributed by atoms with E-state index in [-0.39, 0.29) is 18.0 Å². The van der Waals surface area contributed by atoms with Gasteiger partial charge in [-0.25, -0.2) is 9.37 Å². The summed E-state index contributed by atoms with van der Waals surface area (Å²) in [6.07, 6.45) is 0.638. The van der Waals surface area contributed by atoms with Gasteiger partial charge in [0.15, 0.2) is 11.7 Å². The molecule has 1 atom stereocenters. The number of carbonyl (C=O) groups excluding carboxylic acids is 1. The highest BCUT2D eigenvalue weighted by Gasteiger charge is 2.22. The molecule has 0 fully saturated rings. The van der Waals surface area contributed by atoms with Crippen LogP contribution in [0.3, 0.4) is 0 Å². The van der Waals surface area contributed by atoms with E-state index >= 15 is 0 Å². The van der Waals surface area contributed by atoms with Gasteiger partial charge in [0.1, 0.15) is 10.8 Å². The fourth-order valence-corrected chi connectivity index (χ4v) is 2.73. The van der Waals surface area contributed by atoms with Gasteiger partial charge in [0.05, 0.1) is 6.07 Å². The average Bonchev–Trinajstić information content (AvgIpc) is 2.84. The minimum Gasteiger partial charge on any atom is -0.298 e. The quantitative estimate of drug-likeness (QED) is 0.847. The molecule has 1 aromatic carbocycles. The Morgan fingerprint density at radius 1 is 1.55 bits per heavy atom. The second-order valence-corrected chi connectivity index (χ2v) is 5.38. The molecule has 0 aliphatic heterocycles. The van der Waals surface area contributed by atoms with Crippen molar-refractivity contribution >= 4 is 17.1 Å². The molecule has 1 heterocycles. The Kier molecular flexibility index (Phi) is 4.59. The summed E-state index contributed by atoms with van der Waals surface area (Å²) in [5.74, 6) is -1.31. The van der Waals surface area contributed by atoms with Crippen molar-refractivity contribution in [3.8, 4) is 6.07 Å². The second-order valence-electron chi connectivity index (χ2n) is 4.49. The second kappa shape index (κ2) is 6.40. The highest BCUT2D eigenvalue weighted by atomic mass is 32.1. The summed E-state index contributed by atoms with van der Waals surface area (Å²) in [6.45, 7) is 1.83. The third kappa shape index (κ3) is 3.49. The Balaban J connectivity index is 2.02. The molecular weight excluding hydrogens is 275 g/mol. The largest absolute Gasteiger partial charge is 0.298 e. The summed E-state index contributed by atoms with van der Waals surface area (Å²) in [7, 11) is 0. The zero-order valence-corrected chi connectivity index (χ0v) is 11.8. The zero-order valence-electron chi connectivity index (χ0n) is 11.0. The first-order valence-corrected chi connectivity index (χ1v) is 7.07. The van der Waals surface area contributed by atoms with Crippen LogP contribution >= 0.6 is 11.3 Å². The van der Waals surface area contributed by atoms with Crippen LogP contribution in [-0.4, -0.2) is 10.8 Å². The van der Waals surface area contributed by atoms with Gasteiger partial charge in [-0.15, -0.1) is 11.3 Å². The number of nitriles is 1. The molecule has 0 saturated heterocycles. The number of nitrogens with zero attached hydrogens (tertiary/aromatic N) is 2. The van der Waals surface area contributed by atoms with E-state index in [2.05, 4.69) is 4.98 Å². The average molecular weight is 288 g/mol. The third-order valence-electron chi connectivity index (χ3n) is 2.88. The topological polar surface area (TPSA) is 53.8 Å². The normalized spacial score (nSPS) is 11.8. The van der Waals surface area contributed by atoms with Crippen LogP contribution in [0.25, 0.3) is 0 Å². The molecule has 1 aromatic heterocycles. The fourth-order valence-electron chi connectivity index (χ4n) is 1.87. The van der Waals surface area contributed by atoms with E-state index in [0.717, 1.165) is 11.3 Å². The molecule has 0 spiro atoms. The SMILES string of the molecule is Cc1csc(C(C#N)C(=O)CCc2cccc(F)c2)n1. The van der Waals surface area contributed by atoms with Gasteiger partial charge < -0.3 is 0 Å². The molecule has 5 heteroatoms. The molecule has 0 aliphatic carbocycles. The number of hydrogen-bond acceptors (Lipinski definition) is 4. The highest BCUT2D eigenvalue weighted by Crippen LogP contribution is 2.22. The summed E-state index contributed by atoms with van der Waals surface area (Å²) in [5, 5.41) is 11.5. The summed E-state index contributed by atoms with van der Waals surface area (Å²) in [5.41, 5.74) is 1.56. The molecule has 0 aliphatic rings. The van der Waals surface area contributed by atoms with E-state index in [0.29, 0.717) is 11.4 Å². The van der Waals surface area contributed by atoms with E-state index in [4.69, 9.17) is 5.26 Å². The van der Waals surface area contributed by atoms with Crippen molar-refractivity contribution in [2.24, 2.45) is 0 Å². The van der Waals surface area contributed by atoms with Crippen LogP contribution in [-0.2, 0) is 11.2 Å². The molecule has 0 N–H and O–H groups in total. The molecule has 0 saturated carbocycles. The first-order valence-electron chi connectivity index (χ1n) is 6.19. The summed E-state index contributed by atoms with van der Waals surface area (Å²) in [4.78, 5) is 16.3. The number of ketones is 1. The summed E-state index contributed by atoms with van der Waals surface area (Å²) < 4.78 is 13.0. The number of thiazole rings is 1. The molecule has 2 rings (SSSR count). The number of Topliss-reactive ketones (excluding diaryl/α,β-unsaturated/α-hetero) is 1. The zero-order chi connectivity index (χ0) is 14.5. The monoisotopic (exact) mass is 288 g/mol. The van der Waals surface area contributed by atoms with Crippen molar-refractivity contribution in [1.82, 2.24) is 4.98 Å².